The predicted octanol–water partition coefficient (Wildman–Crippen LogP) is 10.2. The second kappa shape index (κ2) is 22.0. The lowest BCUT2D eigenvalue weighted by Crippen LogP contribution is -2.43. The maximum atomic E-state index is 13.3. The number of nitrogens with one attached hydrogen (secondary N) is 1. The molecule has 1 atom stereocenters. The summed E-state index contributed by atoms with van der Waals surface area (Å²) in [5.41, 5.74) is 5.11. The average molecular weight is 607 g/mol. The fraction of sp³-hybridized carbons (Fsp3) is 0.526. The summed E-state index contributed by atoms with van der Waals surface area (Å²) in [4.78, 5) is 24.0. The van der Waals surface area contributed by atoms with E-state index in [9.17, 15) is 4.79 Å². The third-order valence-electron chi connectivity index (χ3n) is 7.75. The van der Waals surface area contributed by atoms with Gasteiger partial charge < -0.3 is 15.2 Å². The van der Waals surface area contributed by atoms with E-state index in [2.05, 4.69) is 70.0 Å². The van der Waals surface area contributed by atoms with Crippen molar-refractivity contribution in [2.45, 2.75) is 106 Å². The van der Waals surface area contributed by atoms with Crippen LogP contribution in [0.15, 0.2) is 95.1 Å². The fourth-order valence-electron chi connectivity index (χ4n) is 5.51. The summed E-state index contributed by atoms with van der Waals surface area (Å²) in [6.45, 7) is 19.0. The molecule has 44 heavy (non-hydrogen) atoms. The van der Waals surface area contributed by atoms with E-state index in [4.69, 9.17) is 14.6 Å². The van der Waals surface area contributed by atoms with Crippen LogP contribution in [0.4, 0.5) is 4.79 Å². The zero-order chi connectivity index (χ0) is 32.9. The lowest BCUT2D eigenvalue weighted by Gasteiger charge is -2.31. The number of hydrogen-bond acceptors (Lipinski definition) is 3. The molecule has 2 fully saturated rings. The molecule has 0 spiro atoms. The lowest BCUT2D eigenvalue weighted by atomic mass is 9.80. The molecule has 244 valence electrons. The third kappa shape index (κ3) is 13.8. The molecule has 0 radical (unpaired) electrons. The number of carbonyl (C=O) groups excluding carboxylic acids is 1. The molecule has 1 heterocycles. The Hall–Kier alpha value is -3.54. The van der Waals surface area contributed by atoms with Crippen molar-refractivity contribution in [3.63, 3.8) is 0 Å². The van der Waals surface area contributed by atoms with Crippen LogP contribution in [0.25, 0.3) is 0 Å². The highest BCUT2D eigenvalue weighted by molar-refractivity contribution is 5.79. The minimum absolute atomic E-state index is 0.157. The van der Waals surface area contributed by atoms with Gasteiger partial charge in [-0.3, -0.25) is 9.69 Å². The van der Waals surface area contributed by atoms with E-state index >= 15 is 0 Å². The van der Waals surface area contributed by atoms with Crippen molar-refractivity contribution in [2.24, 2.45) is 11.8 Å². The lowest BCUT2D eigenvalue weighted by molar-refractivity contribution is -0.134. The first-order valence-corrected chi connectivity index (χ1v) is 16.6. The van der Waals surface area contributed by atoms with Crippen molar-refractivity contribution in [3.05, 3.63) is 95.1 Å². The number of morpholine rings is 1. The summed E-state index contributed by atoms with van der Waals surface area (Å²) in [7, 11) is 0. The van der Waals surface area contributed by atoms with Gasteiger partial charge in [0.15, 0.2) is 0 Å². The van der Waals surface area contributed by atoms with Gasteiger partial charge in [0.1, 0.15) is 12.4 Å². The van der Waals surface area contributed by atoms with E-state index in [1.54, 1.807) is 4.90 Å². The Kier molecular flexibility index (Phi) is 19.3. The number of carboxylic acid groups (broad SMARTS) is 1. The average Bonchev–Trinajstić information content (AvgIpc) is 3.24. The van der Waals surface area contributed by atoms with Gasteiger partial charge in [-0.1, -0.05) is 115 Å². The van der Waals surface area contributed by atoms with Gasteiger partial charge in [0.25, 0.3) is 5.97 Å². The van der Waals surface area contributed by atoms with E-state index in [0.717, 1.165) is 49.8 Å². The molecule has 1 unspecified atom stereocenters. The molecular formula is C38H58N2O4. The minimum Gasteiger partial charge on any atom is -0.490 e. The number of urea groups is 1. The summed E-state index contributed by atoms with van der Waals surface area (Å²) >= 11 is 0. The number of carboxylic acids is 1. The van der Waals surface area contributed by atoms with Crippen LogP contribution >= 0.6 is 0 Å². The maximum absolute atomic E-state index is 13.3. The van der Waals surface area contributed by atoms with Gasteiger partial charge in [-0.2, -0.15) is 0 Å². The smallest absolute Gasteiger partial charge is 0.326 e. The van der Waals surface area contributed by atoms with Crippen LogP contribution in [0, 0.1) is 11.8 Å². The number of nitrogens with zero attached hydrogens (tertiary/aromatic N) is 1. The molecule has 0 aromatic carbocycles. The highest BCUT2D eigenvalue weighted by atomic mass is 16.5. The maximum Gasteiger partial charge on any atom is 0.326 e. The standard InChI is InChI=1S/C34H48N2O2.C2H4O2.C2H6/c1-6-14-28-16-12-13-19-32(24-28)35-34(37)36-22-23-38-33(27(36)5)25-31(15-7-2)29(8-3)21-20-26(4)30-17-10-9-11-18-30;1-2(3)4;1-2/h8,12-13,15-16,19-21,25-26,30H,5-7,9-11,14,17-18,22-24H2,1-4H3,(H,35,37);1H3,(H,3,4);1-2H3/b21-20-,29-8+,31-15+,33-25+;;. The number of hydrogen-bond donors (Lipinski definition) is 2. The summed E-state index contributed by atoms with van der Waals surface area (Å²) in [5.74, 6) is 1.18. The first-order chi connectivity index (χ1) is 21.2. The number of amides is 2. The van der Waals surface area contributed by atoms with Crippen molar-refractivity contribution in [1.82, 2.24) is 10.2 Å². The first kappa shape index (κ1) is 38.5. The van der Waals surface area contributed by atoms with Gasteiger partial charge in [0, 0.05) is 19.0 Å². The van der Waals surface area contributed by atoms with E-state index < -0.39 is 5.97 Å². The van der Waals surface area contributed by atoms with Crippen LogP contribution in [0.2, 0.25) is 0 Å². The predicted molar refractivity (Wildman–Crippen MR) is 185 cm³/mol. The van der Waals surface area contributed by atoms with Crippen LogP contribution in [-0.4, -0.2) is 35.2 Å². The largest absolute Gasteiger partial charge is 0.490 e. The Balaban J connectivity index is 0.00000149. The Morgan fingerprint density at radius 3 is 2.41 bits per heavy atom. The number of rotatable bonds is 9. The Morgan fingerprint density at radius 1 is 1.14 bits per heavy atom. The highest BCUT2D eigenvalue weighted by Gasteiger charge is 2.26. The quantitative estimate of drug-likeness (QED) is 0.256. The second-order valence-electron chi connectivity index (χ2n) is 11.2. The van der Waals surface area contributed by atoms with E-state index in [1.165, 1.54) is 43.3 Å². The van der Waals surface area contributed by atoms with Crippen molar-refractivity contribution >= 4 is 12.0 Å². The van der Waals surface area contributed by atoms with Crippen LogP contribution in [0.1, 0.15) is 106 Å². The Morgan fingerprint density at radius 2 is 1.80 bits per heavy atom. The fourth-order valence-corrected chi connectivity index (χ4v) is 5.51. The molecule has 6 heteroatoms. The van der Waals surface area contributed by atoms with Crippen molar-refractivity contribution in [3.8, 4) is 0 Å². The van der Waals surface area contributed by atoms with Crippen LogP contribution in [-0.2, 0) is 9.53 Å². The SMILES string of the molecule is C=C1\C(=C/C(=C\CC)C(/C=C\C(C)C2CCCCC2)=C/C)OCCN1C(=O)NC1=CC=CC=C(CCC)C1.CC.CC(=O)O. The molecule has 0 bridgehead atoms. The van der Waals surface area contributed by atoms with Crippen LogP contribution < -0.4 is 5.32 Å². The number of allylic oxidation sites excluding steroid dienone is 12. The minimum atomic E-state index is -0.833. The zero-order valence-corrected chi connectivity index (χ0v) is 28.5. The van der Waals surface area contributed by atoms with Crippen LogP contribution in [0.3, 0.4) is 0 Å². The zero-order valence-electron chi connectivity index (χ0n) is 28.5. The van der Waals surface area contributed by atoms with Gasteiger partial charge in [-0.05, 0) is 67.7 Å². The van der Waals surface area contributed by atoms with Gasteiger partial charge >= 0.3 is 6.03 Å². The second-order valence-corrected chi connectivity index (χ2v) is 11.2. The molecule has 0 aromatic heterocycles. The summed E-state index contributed by atoms with van der Waals surface area (Å²) in [6.07, 6.45) is 29.8. The Labute approximate surface area is 267 Å². The molecule has 1 aliphatic heterocycles. The highest BCUT2D eigenvalue weighted by Crippen LogP contribution is 2.31. The van der Waals surface area contributed by atoms with Gasteiger partial charge in [0.2, 0.25) is 0 Å². The molecule has 0 aromatic rings. The number of ether oxygens (including phenoxy) is 1. The molecule has 1 saturated carbocycles. The molecule has 2 N–H and O–H groups in total. The van der Waals surface area contributed by atoms with E-state index in [1.807, 2.05) is 38.2 Å². The molecule has 1 saturated heterocycles. The summed E-state index contributed by atoms with van der Waals surface area (Å²) in [6, 6.07) is -0.157. The molecule has 2 aliphatic carbocycles. The van der Waals surface area contributed by atoms with E-state index in [-0.39, 0.29) is 6.03 Å². The summed E-state index contributed by atoms with van der Waals surface area (Å²) < 4.78 is 6.03. The molecular weight excluding hydrogens is 548 g/mol. The van der Waals surface area contributed by atoms with Gasteiger partial charge in [-0.15, -0.1) is 0 Å². The molecule has 3 aliphatic rings. The number of carbonyl (C=O) groups is 2. The number of aliphatic carboxylic acids is 1. The van der Waals surface area contributed by atoms with Gasteiger partial charge in [-0.25, -0.2) is 4.79 Å². The molecule has 6 nitrogen and oxygen atoms in total. The molecule has 2 amide bonds. The van der Waals surface area contributed by atoms with Crippen molar-refractivity contribution < 1.29 is 19.4 Å². The van der Waals surface area contributed by atoms with E-state index in [0.29, 0.717) is 30.5 Å². The summed E-state index contributed by atoms with van der Waals surface area (Å²) in [5, 5.41) is 10.5. The van der Waals surface area contributed by atoms with Crippen molar-refractivity contribution in [1.29, 1.82) is 0 Å². The van der Waals surface area contributed by atoms with Gasteiger partial charge in [0.05, 0.1) is 12.2 Å². The topological polar surface area (TPSA) is 78.9 Å². The normalized spacial score (nSPS) is 19.5. The first-order valence-electron chi connectivity index (χ1n) is 16.6. The monoisotopic (exact) mass is 606 g/mol. The molecule has 3 rings (SSSR count). The third-order valence-corrected chi connectivity index (χ3v) is 7.75. The van der Waals surface area contributed by atoms with Crippen LogP contribution in [0.5, 0.6) is 0 Å². The van der Waals surface area contributed by atoms with Crippen molar-refractivity contribution in [2.75, 3.05) is 13.2 Å². The Bertz CT molecular complexity index is 1140.